The first-order valence-electron chi connectivity index (χ1n) is 10.3. The summed E-state index contributed by atoms with van der Waals surface area (Å²) < 4.78 is 15.9. The van der Waals surface area contributed by atoms with Gasteiger partial charge in [-0.3, -0.25) is 9.59 Å². The fourth-order valence-electron chi connectivity index (χ4n) is 3.76. The van der Waals surface area contributed by atoms with E-state index in [9.17, 15) is 9.59 Å². The van der Waals surface area contributed by atoms with Gasteiger partial charge in [0, 0.05) is 11.8 Å². The maximum Gasteiger partial charge on any atom is 0.282 e. The van der Waals surface area contributed by atoms with Gasteiger partial charge in [0.1, 0.15) is 11.4 Å². The zero-order chi connectivity index (χ0) is 23.5. The number of imide groups is 1. The van der Waals surface area contributed by atoms with Crippen molar-refractivity contribution in [1.29, 1.82) is 0 Å². The van der Waals surface area contributed by atoms with Gasteiger partial charge in [0.15, 0.2) is 11.5 Å². The van der Waals surface area contributed by atoms with Crippen LogP contribution in [0.3, 0.4) is 0 Å². The molecule has 0 radical (unpaired) electrons. The van der Waals surface area contributed by atoms with Gasteiger partial charge in [0.2, 0.25) is 0 Å². The number of hydrogen-bond donors (Lipinski definition) is 1. The topological polar surface area (TPSA) is 77.1 Å². The minimum absolute atomic E-state index is 0.181. The third-order valence-electron chi connectivity index (χ3n) is 5.47. The van der Waals surface area contributed by atoms with Crippen LogP contribution in [0.4, 0.5) is 11.4 Å². The Balaban J connectivity index is 1.82. The van der Waals surface area contributed by atoms with Crippen molar-refractivity contribution in [2.24, 2.45) is 0 Å². The SMILES string of the molecule is COc1ccc(C2=C(Nc3ccc(OC)c(OC)c3)C(=O)N(c3ccccc3C)C2=O)cc1. The molecule has 0 saturated carbocycles. The first-order chi connectivity index (χ1) is 16.0. The molecule has 2 amide bonds. The molecular weight excluding hydrogens is 420 g/mol. The van der Waals surface area contributed by atoms with Gasteiger partial charge in [-0.15, -0.1) is 0 Å². The number of benzene rings is 3. The summed E-state index contributed by atoms with van der Waals surface area (Å²) in [6.07, 6.45) is 0. The number of aryl methyl sites for hydroxylation is 1. The molecule has 1 aliphatic heterocycles. The van der Waals surface area contributed by atoms with Crippen LogP contribution in [0.1, 0.15) is 11.1 Å². The fourth-order valence-corrected chi connectivity index (χ4v) is 3.76. The normalized spacial score (nSPS) is 13.4. The molecule has 1 aliphatic rings. The average molecular weight is 444 g/mol. The van der Waals surface area contributed by atoms with E-state index in [0.717, 1.165) is 5.56 Å². The van der Waals surface area contributed by atoms with Crippen LogP contribution in [-0.4, -0.2) is 33.1 Å². The van der Waals surface area contributed by atoms with Crippen LogP contribution in [0.5, 0.6) is 17.2 Å². The van der Waals surface area contributed by atoms with E-state index in [0.29, 0.717) is 34.2 Å². The lowest BCUT2D eigenvalue weighted by molar-refractivity contribution is -0.120. The molecular formula is C26H24N2O5. The monoisotopic (exact) mass is 444 g/mol. The van der Waals surface area contributed by atoms with Gasteiger partial charge in [0.05, 0.1) is 32.6 Å². The molecule has 7 heteroatoms. The van der Waals surface area contributed by atoms with Crippen molar-refractivity contribution in [2.45, 2.75) is 6.92 Å². The fraction of sp³-hybridized carbons (Fsp3) is 0.154. The van der Waals surface area contributed by atoms with Crippen LogP contribution >= 0.6 is 0 Å². The van der Waals surface area contributed by atoms with Crippen molar-refractivity contribution in [3.63, 3.8) is 0 Å². The predicted octanol–water partition coefficient (Wildman–Crippen LogP) is 4.42. The zero-order valence-electron chi connectivity index (χ0n) is 18.8. The number of hydrogen-bond acceptors (Lipinski definition) is 6. The number of rotatable bonds is 7. The van der Waals surface area contributed by atoms with Crippen molar-refractivity contribution in [1.82, 2.24) is 0 Å². The van der Waals surface area contributed by atoms with Crippen molar-refractivity contribution in [3.05, 3.63) is 83.6 Å². The lowest BCUT2D eigenvalue weighted by atomic mass is 10.0. The molecule has 0 unspecified atom stereocenters. The number of anilines is 2. The van der Waals surface area contributed by atoms with Crippen molar-refractivity contribution >= 4 is 28.8 Å². The van der Waals surface area contributed by atoms with Crippen LogP contribution in [-0.2, 0) is 9.59 Å². The Morgan fingerprint density at radius 2 is 1.45 bits per heavy atom. The Morgan fingerprint density at radius 3 is 2.09 bits per heavy atom. The molecule has 3 aromatic carbocycles. The van der Waals surface area contributed by atoms with Gasteiger partial charge >= 0.3 is 0 Å². The second kappa shape index (κ2) is 9.08. The maximum absolute atomic E-state index is 13.6. The highest BCUT2D eigenvalue weighted by molar-refractivity contribution is 6.46. The van der Waals surface area contributed by atoms with E-state index in [1.165, 1.54) is 12.0 Å². The molecule has 0 aliphatic carbocycles. The minimum Gasteiger partial charge on any atom is -0.497 e. The third-order valence-corrected chi connectivity index (χ3v) is 5.47. The molecule has 0 fully saturated rings. The summed E-state index contributed by atoms with van der Waals surface area (Å²) in [6, 6.07) is 19.5. The smallest absolute Gasteiger partial charge is 0.282 e. The summed E-state index contributed by atoms with van der Waals surface area (Å²) in [7, 11) is 4.66. The first-order valence-corrected chi connectivity index (χ1v) is 10.3. The number of para-hydroxylation sites is 1. The van der Waals surface area contributed by atoms with Crippen molar-refractivity contribution in [2.75, 3.05) is 31.5 Å². The summed E-state index contributed by atoms with van der Waals surface area (Å²) in [5, 5.41) is 3.14. The number of methoxy groups -OCH3 is 3. The molecule has 0 atom stereocenters. The summed E-state index contributed by atoms with van der Waals surface area (Å²) >= 11 is 0. The number of carbonyl (C=O) groups excluding carboxylic acids is 2. The van der Waals surface area contributed by atoms with Crippen LogP contribution in [0.2, 0.25) is 0 Å². The van der Waals surface area contributed by atoms with E-state index in [2.05, 4.69) is 5.32 Å². The van der Waals surface area contributed by atoms with Crippen LogP contribution < -0.4 is 24.4 Å². The summed E-state index contributed by atoms with van der Waals surface area (Å²) in [5.74, 6) is 0.878. The van der Waals surface area contributed by atoms with Gasteiger partial charge < -0.3 is 19.5 Å². The Labute approximate surface area is 192 Å². The molecule has 0 saturated heterocycles. The van der Waals surface area contributed by atoms with Gasteiger partial charge in [-0.1, -0.05) is 30.3 Å². The minimum atomic E-state index is -0.435. The van der Waals surface area contributed by atoms with Crippen molar-refractivity contribution < 1.29 is 23.8 Å². The van der Waals surface area contributed by atoms with E-state index in [-0.39, 0.29) is 11.3 Å². The van der Waals surface area contributed by atoms with E-state index in [1.807, 2.05) is 19.1 Å². The zero-order valence-corrected chi connectivity index (χ0v) is 18.8. The number of carbonyl (C=O) groups is 2. The van der Waals surface area contributed by atoms with Crippen LogP contribution in [0.25, 0.3) is 5.57 Å². The van der Waals surface area contributed by atoms with E-state index < -0.39 is 11.8 Å². The largest absolute Gasteiger partial charge is 0.497 e. The first kappa shape index (κ1) is 22.0. The van der Waals surface area contributed by atoms with Gasteiger partial charge in [0.25, 0.3) is 11.8 Å². The lowest BCUT2D eigenvalue weighted by Crippen LogP contribution is -2.33. The standard InChI is InChI=1S/C26H24N2O5/c1-16-7-5-6-8-20(16)28-25(29)23(17-9-12-19(31-2)13-10-17)24(26(28)30)27-18-11-14-21(32-3)22(15-18)33-4/h5-15,27H,1-4H3. The highest BCUT2D eigenvalue weighted by Gasteiger charge is 2.40. The molecule has 0 aromatic heterocycles. The van der Waals surface area contributed by atoms with E-state index in [1.54, 1.807) is 68.8 Å². The van der Waals surface area contributed by atoms with Gasteiger partial charge in [-0.2, -0.15) is 0 Å². The summed E-state index contributed by atoms with van der Waals surface area (Å²) in [4.78, 5) is 28.3. The highest BCUT2D eigenvalue weighted by Crippen LogP contribution is 2.37. The summed E-state index contributed by atoms with van der Waals surface area (Å²) in [5.41, 5.74) is 3.01. The molecule has 3 aromatic rings. The van der Waals surface area contributed by atoms with Gasteiger partial charge in [-0.25, -0.2) is 4.90 Å². The summed E-state index contributed by atoms with van der Waals surface area (Å²) in [6.45, 7) is 1.86. The number of amides is 2. The van der Waals surface area contributed by atoms with Gasteiger partial charge in [-0.05, 0) is 48.4 Å². The Morgan fingerprint density at radius 1 is 0.758 bits per heavy atom. The molecule has 4 rings (SSSR count). The number of nitrogens with one attached hydrogen (secondary N) is 1. The second-order valence-corrected chi connectivity index (χ2v) is 7.41. The molecule has 0 spiro atoms. The van der Waals surface area contributed by atoms with E-state index in [4.69, 9.17) is 14.2 Å². The molecule has 1 heterocycles. The van der Waals surface area contributed by atoms with Crippen molar-refractivity contribution in [3.8, 4) is 17.2 Å². The molecule has 33 heavy (non-hydrogen) atoms. The average Bonchev–Trinajstić information content (AvgIpc) is 3.08. The third kappa shape index (κ3) is 4.01. The number of ether oxygens (including phenoxy) is 3. The highest BCUT2D eigenvalue weighted by atomic mass is 16.5. The maximum atomic E-state index is 13.6. The molecule has 0 bridgehead atoms. The van der Waals surface area contributed by atoms with Crippen LogP contribution in [0.15, 0.2) is 72.4 Å². The Kier molecular flexibility index (Phi) is 6.04. The Hall–Kier alpha value is -4.26. The van der Waals surface area contributed by atoms with E-state index >= 15 is 0 Å². The lowest BCUT2D eigenvalue weighted by Gasteiger charge is -2.18. The molecule has 168 valence electrons. The second-order valence-electron chi connectivity index (χ2n) is 7.41. The van der Waals surface area contributed by atoms with Crippen LogP contribution in [0, 0.1) is 6.92 Å². The molecule has 7 nitrogen and oxygen atoms in total. The molecule has 1 N–H and O–H groups in total. The quantitative estimate of drug-likeness (QED) is 0.544. The number of nitrogens with zero attached hydrogens (tertiary/aromatic N) is 1. The predicted molar refractivity (Wildman–Crippen MR) is 127 cm³/mol. The Bertz CT molecular complexity index is 1250.